The number of aryl methyl sites for hydroxylation is 1. The van der Waals surface area contributed by atoms with Gasteiger partial charge < -0.3 is 15.2 Å². The maximum Gasteiger partial charge on any atom is 0.303 e. The number of ketones is 1. The van der Waals surface area contributed by atoms with E-state index < -0.39 is 23.7 Å². The molecular weight excluding hydrogens is 499 g/mol. The highest BCUT2D eigenvalue weighted by Crippen LogP contribution is 2.48. The molecule has 1 heterocycles. The summed E-state index contributed by atoms with van der Waals surface area (Å²) in [4.78, 5) is 40.5. The average Bonchev–Trinajstić information content (AvgIpc) is 3.06. The number of Topliss-reactive ketones (excluding diaryl/α,β-unsaturated/α-hetero) is 1. The Morgan fingerprint density at radius 1 is 1.00 bits per heavy atom. The van der Waals surface area contributed by atoms with Crippen molar-refractivity contribution >= 4 is 29.0 Å². The molecule has 0 unspecified atom stereocenters. The number of carbonyl (C=O) groups excluding carboxylic acids is 2. The second kappa shape index (κ2) is 10.7. The van der Waals surface area contributed by atoms with Crippen molar-refractivity contribution in [2.24, 2.45) is 0 Å². The van der Waals surface area contributed by atoms with E-state index in [1.807, 2.05) is 49.4 Å². The molecule has 2 atom stereocenters. The molecule has 8 heteroatoms. The predicted octanol–water partition coefficient (Wildman–Crippen LogP) is 5.91. The number of fused-ring (bicyclic) bond motifs is 1. The van der Waals surface area contributed by atoms with Gasteiger partial charge >= 0.3 is 5.97 Å². The lowest BCUT2D eigenvalue weighted by Gasteiger charge is -2.35. The summed E-state index contributed by atoms with van der Waals surface area (Å²) in [6.07, 6.45) is 0.164. The topological polar surface area (TPSA) is 95.9 Å². The second-order valence-electron chi connectivity index (χ2n) is 9.95. The van der Waals surface area contributed by atoms with Crippen molar-refractivity contribution in [3.05, 3.63) is 101 Å². The van der Waals surface area contributed by atoms with Gasteiger partial charge in [0.1, 0.15) is 11.6 Å². The van der Waals surface area contributed by atoms with Crippen LogP contribution in [0.15, 0.2) is 78.0 Å². The highest BCUT2D eigenvalue weighted by Gasteiger charge is 2.41. The molecule has 1 aliphatic heterocycles. The van der Waals surface area contributed by atoms with Crippen molar-refractivity contribution in [2.45, 2.75) is 44.6 Å². The van der Waals surface area contributed by atoms with Crippen molar-refractivity contribution < 1.29 is 28.6 Å². The summed E-state index contributed by atoms with van der Waals surface area (Å²) in [7, 11) is 1.60. The van der Waals surface area contributed by atoms with Crippen LogP contribution < -0.4 is 15.0 Å². The number of allylic oxidation sites excluding steroid dienone is 1. The number of amides is 1. The van der Waals surface area contributed by atoms with E-state index in [9.17, 15) is 23.9 Å². The van der Waals surface area contributed by atoms with Crippen LogP contribution in [-0.2, 0) is 14.4 Å². The van der Waals surface area contributed by atoms with Crippen LogP contribution in [0.4, 0.5) is 15.8 Å². The number of hydrogen-bond acceptors (Lipinski definition) is 5. The van der Waals surface area contributed by atoms with Crippen molar-refractivity contribution in [1.29, 1.82) is 0 Å². The molecular formula is C31H29FN2O5. The van der Waals surface area contributed by atoms with E-state index in [1.54, 1.807) is 19.2 Å². The third-order valence-electron chi connectivity index (χ3n) is 7.33. The summed E-state index contributed by atoms with van der Waals surface area (Å²) in [6, 6.07) is 18.2. The van der Waals surface area contributed by atoms with E-state index in [0.717, 1.165) is 16.9 Å². The highest BCUT2D eigenvalue weighted by atomic mass is 19.1. The standard InChI is InChI=1S/C31H29FN2O5/c1-18-3-12-24-26(15-18)34(28(36)13-14-29(37)38)31(20-4-8-22(32)9-5-20)30-25(33-24)16-21(17-27(30)35)19-6-10-23(39-2)11-7-19/h3-12,15,21,31,33H,13-14,16-17H2,1-2H3,(H,37,38)/t21-,31-/m1/s1. The van der Waals surface area contributed by atoms with Gasteiger partial charge in [-0.05, 0) is 72.4 Å². The minimum Gasteiger partial charge on any atom is -0.497 e. The number of benzene rings is 3. The van der Waals surface area contributed by atoms with Crippen molar-refractivity contribution in [3.63, 3.8) is 0 Å². The zero-order valence-corrected chi connectivity index (χ0v) is 21.7. The molecule has 39 heavy (non-hydrogen) atoms. The molecule has 2 aliphatic rings. The molecule has 0 saturated heterocycles. The van der Waals surface area contributed by atoms with Gasteiger partial charge in [0.2, 0.25) is 5.91 Å². The number of methoxy groups -OCH3 is 1. The molecule has 0 radical (unpaired) electrons. The van der Waals surface area contributed by atoms with E-state index in [0.29, 0.717) is 34.6 Å². The normalized spacial score (nSPS) is 18.5. The van der Waals surface area contributed by atoms with Crippen LogP contribution in [0, 0.1) is 12.7 Å². The number of ether oxygens (including phenoxy) is 1. The van der Waals surface area contributed by atoms with Crippen LogP contribution in [0.3, 0.4) is 0 Å². The Morgan fingerprint density at radius 2 is 1.69 bits per heavy atom. The van der Waals surface area contributed by atoms with Crippen molar-refractivity contribution in [1.82, 2.24) is 0 Å². The van der Waals surface area contributed by atoms with Crippen LogP contribution in [0.25, 0.3) is 0 Å². The minimum atomic E-state index is -1.09. The zero-order chi connectivity index (χ0) is 27.7. The van der Waals surface area contributed by atoms with Gasteiger partial charge in [-0.25, -0.2) is 4.39 Å². The Morgan fingerprint density at radius 3 is 2.36 bits per heavy atom. The van der Waals surface area contributed by atoms with Gasteiger partial charge in [0, 0.05) is 24.1 Å². The number of rotatable bonds is 6. The van der Waals surface area contributed by atoms with Gasteiger partial charge in [0.05, 0.1) is 30.9 Å². The van der Waals surface area contributed by atoms with Crippen LogP contribution >= 0.6 is 0 Å². The van der Waals surface area contributed by atoms with Crippen LogP contribution in [0.1, 0.15) is 54.3 Å². The van der Waals surface area contributed by atoms with Gasteiger partial charge in [-0.2, -0.15) is 0 Å². The van der Waals surface area contributed by atoms with Gasteiger partial charge in [-0.1, -0.05) is 30.3 Å². The summed E-state index contributed by atoms with van der Waals surface area (Å²) in [5, 5.41) is 12.7. The van der Waals surface area contributed by atoms with E-state index in [2.05, 4.69) is 5.32 Å². The Bertz CT molecular complexity index is 1460. The van der Waals surface area contributed by atoms with E-state index in [4.69, 9.17) is 4.74 Å². The van der Waals surface area contributed by atoms with Crippen LogP contribution in [-0.4, -0.2) is 29.9 Å². The number of hydrogen-bond donors (Lipinski definition) is 2. The first kappa shape index (κ1) is 26.2. The number of nitrogens with one attached hydrogen (secondary N) is 1. The number of aliphatic carboxylic acids is 1. The average molecular weight is 529 g/mol. The molecule has 0 bridgehead atoms. The van der Waals surface area contributed by atoms with Gasteiger partial charge in [-0.3, -0.25) is 19.3 Å². The number of anilines is 2. The van der Waals surface area contributed by atoms with Crippen molar-refractivity contribution in [2.75, 3.05) is 17.3 Å². The fourth-order valence-electron chi connectivity index (χ4n) is 5.43. The molecule has 200 valence electrons. The third kappa shape index (κ3) is 5.27. The van der Waals surface area contributed by atoms with Gasteiger partial charge in [0.15, 0.2) is 5.78 Å². The molecule has 5 rings (SSSR count). The first-order valence-electron chi connectivity index (χ1n) is 12.8. The number of carboxylic acids is 1. The van der Waals surface area contributed by atoms with Gasteiger partial charge in [0.25, 0.3) is 0 Å². The molecule has 0 saturated carbocycles. The third-order valence-corrected chi connectivity index (χ3v) is 7.33. The smallest absolute Gasteiger partial charge is 0.303 e. The summed E-state index contributed by atoms with van der Waals surface area (Å²) in [6.45, 7) is 1.90. The number of nitrogens with zero attached hydrogens (tertiary/aromatic N) is 1. The number of halogens is 1. The van der Waals surface area contributed by atoms with E-state index >= 15 is 0 Å². The van der Waals surface area contributed by atoms with Crippen molar-refractivity contribution in [3.8, 4) is 5.75 Å². The lowest BCUT2D eigenvalue weighted by atomic mass is 9.78. The monoisotopic (exact) mass is 528 g/mol. The minimum absolute atomic E-state index is 0.0910. The fourth-order valence-corrected chi connectivity index (χ4v) is 5.43. The summed E-state index contributed by atoms with van der Waals surface area (Å²) in [5.74, 6) is -1.45. The lowest BCUT2D eigenvalue weighted by molar-refractivity contribution is -0.138. The molecule has 3 aromatic rings. The Kier molecular flexibility index (Phi) is 7.19. The van der Waals surface area contributed by atoms with Crippen LogP contribution in [0.2, 0.25) is 0 Å². The molecule has 1 aliphatic carbocycles. The summed E-state index contributed by atoms with van der Waals surface area (Å²) in [5.41, 5.74) is 4.78. The molecule has 7 nitrogen and oxygen atoms in total. The lowest BCUT2D eigenvalue weighted by Crippen LogP contribution is -2.38. The Hall–Kier alpha value is -4.46. The highest BCUT2D eigenvalue weighted by molar-refractivity contribution is 6.06. The molecule has 2 N–H and O–H groups in total. The number of carboxylic acid groups (broad SMARTS) is 1. The van der Waals surface area contributed by atoms with E-state index in [-0.39, 0.29) is 31.0 Å². The quantitative estimate of drug-likeness (QED) is 0.413. The molecule has 0 spiro atoms. The molecule has 3 aromatic carbocycles. The Balaban J connectivity index is 1.67. The first-order chi connectivity index (χ1) is 18.7. The zero-order valence-electron chi connectivity index (χ0n) is 21.7. The summed E-state index contributed by atoms with van der Waals surface area (Å²) < 4.78 is 19.2. The largest absolute Gasteiger partial charge is 0.497 e. The molecule has 1 amide bonds. The van der Waals surface area contributed by atoms with E-state index in [1.165, 1.54) is 17.0 Å². The summed E-state index contributed by atoms with van der Waals surface area (Å²) >= 11 is 0. The molecule has 0 fully saturated rings. The maximum atomic E-state index is 14.0. The van der Waals surface area contributed by atoms with Crippen LogP contribution in [0.5, 0.6) is 5.75 Å². The fraction of sp³-hybridized carbons (Fsp3) is 0.258. The Labute approximate surface area is 225 Å². The second-order valence-corrected chi connectivity index (χ2v) is 9.95. The maximum absolute atomic E-state index is 14.0. The SMILES string of the molecule is COc1ccc([C@H]2CC(=O)C3=C(C2)Nc2ccc(C)cc2N(C(=O)CCC(=O)O)[C@@H]3c2ccc(F)cc2)cc1. The van der Waals surface area contributed by atoms with Gasteiger partial charge in [-0.15, -0.1) is 0 Å². The molecule has 0 aromatic heterocycles. The first-order valence-corrected chi connectivity index (χ1v) is 12.8. The number of carbonyl (C=O) groups is 3. The predicted molar refractivity (Wildman–Crippen MR) is 145 cm³/mol.